The summed E-state index contributed by atoms with van der Waals surface area (Å²) in [5.41, 5.74) is 6.77. The molecule has 0 spiro atoms. The zero-order valence-electron chi connectivity index (χ0n) is 12.7. The molecule has 2 aromatic rings. The van der Waals surface area contributed by atoms with Crippen LogP contribution in [-0.4, -0.2) is 61.0 Å². The largest absolute Gasteiger partial charge is 0.423 e. The number of amides is 2. The average molecular weight is 317 g/mol. The normalized spacial score (nSPS) is 15.0. The third-order valence-electron chi connectivity index (χ3n) is 3.81. The summed E-state index contributed by atoms with van der Waals surface area (Å²) in [5.74, 6) is -0.438. The number of aromatic nitrogens is 1. The smallest absolute Gasteiger partial charge is 0.298 e. The molecule has 0 unspecified atom stereocenters. The summed E-state index contributed by atoms with van der Waals surface area (Å²) in [4.78, 5) is 31.3. The Labute approximate surface area is 133 Å². The van der Waals surface area contributed by atoms with Crippen molar-refractivity contribution in [3.8, 4) is 0 Å². The van der Waals surface area contributed by atoms with Crippen LogP contribution in [0.4, 0.5) is 6.01 Å². The number of oxazole rings is 1. The molecule has 2 heterocycles. The van der Waals surface area contributed by atoms with E-state index in [1.807, 2.05) is 29.2 Å². The Morgan fingerprint density at radius 2 is 1.96 bits per heavy atom. The minimum absolute atomic E-state index is 0.0150. The first-order valence-corrected chi connectivity index (χ1v) is 7.52. The van der Waals surface area contributed by atoms with Crippen LogP contribution in [0.2, 0.25) is 0 Å². The van der Waals surface area contributed by atoms with E-state index in [2.05, 4.69) is 10.3 Å². The van der Waals surface area contributed by atoms with Crippen LogP contribution in [-0.2, 0) is 9.59 Å². The number of carbonyl (C=O) groups excluding carboxylic acids is 2. The van der Waals surface area contributed by atoms with Crippen molar-refractivity contribution in [3.63, 3.8) is 0 Å². The van der Waals surface area contributed by atoms with Crippen LogP contribution in [0.15, 0.2) is 28.7 Å². The molecule has 8 heteroatoms. The van der Waals surface area contributed by atoms with Crippen LogP contribution >= 0.6 is 0 Å². The lowest BCUT2D eigenvalue weighted by Crippen LogP contribution is -2.51. The number of anilines is 1. The molecule has 0 radical (unpaired) electrons. The SMILES string of the molecule is NCC(=O)NCC(=O)N1CCN(c2nc3ccccc3o2)CC1. The molecule has 0 atom stereocenters. The topological polar surface area (TPSA) is 105 Å². The fourth-order valence-electron chi connectivity index (χ4n) is 2.50. The van der Waals surface area contributed by atoms with Gasteiger partial charge in [0.15, 0.2) is 5.58 Å². The maximum Gasteiger partial charge on any atom is 0.298 e. The fraction of sp³-hybridized carbons (Fsp3) is 0.400. The maximum absolute atomic E-state index is 12.0. The van der Waals surface area contributed by atoms with Crippen LogP contribution in [0.1, 0.15) is 0 Å². The fourth-order valence-corrected chi connectivity index (χ4v) is 2.50. The van der Waals surface area contributed by atoms with E-state index >= 15 is 0 Å². The van der Waals surface area contributed by atoms with Crippen molar-refractivity contribution in [1.82, 2.24) is 15.2 Å². The van der Waals surface area contributed by atoms with Gasteiger partial charge in [0, 0.05) is 26.2 Å². The molecule has 1 saturated heterocycles. The second-order valence-corrected chi connectivity index (χ2v) is 5.31. The molecule has 3 rings (SSSR count). The molecular formula is C15H19N5O3. The number of fused-ring (bicyclic) bond motifs is 1. The van der Waals surface area contributed by atoms with Gasteiger partial charge in [-0.3, -0.25) is 9.59 Å². The second kappa shape index (κ2) is 6.66. The predicted octanol–water partition coefficient (Wildman–Crippen LogP) is -0.449. The summed E-state index contributed by atoms with van der Waals surface area (Å²) >= 11 is 0. The van der Waals surface area contributed by atoms with Gasteiger partial charge in [0.2, 0.25) is 11.8 Å². The van der Waals surface area contributed by atoms with Gasteiger partial charge in [-0.2, -0.15) is 4.98 Å². The highest BCUT2D eigenvalue weighted by Gasteiger charge is 2.24. The number of nitrogens with two attached hydrogens (primary N) is 1. The monoisotopic (exact) mass is 317 g/mol. The summed E-state index contributed by atoms with van der Waals surface area (Å²) < 4.78 is 5.74. The number of benzene rings is 1. The van der Waals surface area contributed by atoms with Crippen LogP contribution in [0, 0.1) is 0 Å². The number of para-hydroxylation sites is 2. The molecule has 1 aliphatic rings. The molecule has 2 amide bonds. The van der Waals surface area contributed by atoms with Gasteiger partial charge in [-0.1, -0.05) is 12.1 Å². The third-order valence-corrected chi connectivity index (χ3v) is 3.81. The van der Waals surface area contributed by atoms with Crippen LogP contribution in [0.25, 0.3) is 11.1 Å². The zero-order valence-corrected chi connectivity index (χ0v) is 12.7. The van der Waals surface area contributed by atoms with Crippen LogP contribution in [0.5, 0.6) is 0 Å². The van der Waals surface area contributed by atoms with Gasteiger partial charge >= 0.3 is 0 Å². The molecule has 8 nitrogen and oxygen atoms in total. The number of nitrogens with one attached hydrogen (secondary N) is 1. The zero-order chi connectivity index (χ0) is 16.2. The number of piperazine rings is 1. The maximum atomic E-state index is 12.0. The number of hydrogen-bond acceptors (Lipinski definition) is 6. The van der Waals surface area contributed by atoms with Crippen molar-refractivity contribution >= 4 is 28.9 Å². The molecule has 23 heavy (non-hydrogen) atoms. The Kier molecular flexibility index (Phi) is 4.42. The van der Waals surface area contributed by atoms with E-state index in [0.29, 0.717) is 32.2 Å². The van der Waals surface area contributed by atoms with Gasteiger partial charge in [0.05, 0.1) is 13.1 Å². The number of rotatable bonds is 4. The predicted molar refractivity (Wildman–Crippen MR) is 84.9 cm³/mol. The Bertz CT molecular complexity index is 673. The first kappa shape index (κ1) is 15.3. The minimum Gasteiger partial charge on any atom is -0.423 e. The number of carbonyl (C=O) groups is 2. The van der Waals surface area contributed by atoms with Gasteiger partial charge in [0.1, 0.15) is 5.52 Å². The molecule has 3 N–H and O–H groups in total. The van der Waals surface area contributed by atoms with E-state index in [1.54, 1.807) is 4.90 Å². The lowest BCUT2D eigenvalue weighted by atomic mass is 10.3. The highest BCUT2D eigenvalue weighted by molar-refractivity contribution is 5.85. The molecule has 1 aromatic carbocycles. The summed E-state index contributed by atoms with van der Waals surface area (Å²) in [6, 6.07) is 8.19. The van der Waals surface area contributed by atoms with E-state index in [1.165, 1.54) is 0 Å². The van der Waals surface area contributed by atoms with Crippen LogP contribution in [0.3, 0.4) is 0 Å². The number of nitrogens with zero attached hydrogens (tertiary/aromatic N) is 3. The molecule has 1 fully saturated rings. The average Bonchev–Trinajstić information content (AvgIpc) is 3.03. The standard InChI is InChI=1S/C15H19N5O3/c16-9-13(21)17-10-14(22)19-5-7-20(8-6-19)15-18-11-3-1-2-4-12(11)23-15/h1-4H,5-10,16H2,(H,17,21). The van der Waals surface area contributed by atoms with Gasteiger partial charge < -0.3 is 25.3 Å². The second-order valence-electron chi connectivity index (χ2n) is 5.31. The highest BCUT2D eigenvalue weighted by atomic mass is 16.4. The molecule has 0 saturated carbocycles. The Hall–Kier alpha value is -2.61. The lowest BCUT2D eigenvalue weighted by Gasteiger charge is -2.33. The Morgan fingerprint density at radius 3 is 2.65 bits per heavy atom. The van der Waals surface area contributed by atoms with E-state index < -0.39 is 0 Å². The van der Waals surface area contributed by atoms with Crippen molar-refractivity contribution < 1.29 is 14.0 Å². The quantitative estimate of drug-likeness (QED) is 0.791. The third kappa shape index (κ3) is 3.42. The Morgan fingerprint density at radius 1 is 1.22 bits per heavy atom. The summed E-state index contributed by atoms with van der Waals surface area (Å²) in [6.45, 7) is 2.29. The molecular weight excluding hydrogens is 298 g/mol. The van der Waals surface area contributed by atoms with Crippen molar-refractivity contribution in [2.75, 3.05) is 44.2 Å². The van der Waals surface area contributed by atoms with Gasteiger partial charge in [-0.05, 0) is 12.1 Å². The first-order valence-electron chi connectivity index (χ1n) is 7.52. The van der Waals surface area contributed by atoms with E-state index in [9.17, 15) is 9.59 Å². The van der Waals surface area contributed by atoms with E-state index in [-0.39, 0.29) is 24.9 Å². The molecule has 1 aliphatic heterocycles. The highest BCUT2D eigenvalue weighted by Crippen LogP contribution is 2.22. The van der Waals surface area contributed by atoms with Crippen LogP contribution < -0.4 is 16.0 Å². The van der Waals surface area contributed by atoms with Crippen molar-refractivity contribution in [2.45, 2.75) is 0 Å². The minimum atomic E-state index is -0.330. The summed E-state index contributed by atoms with van der Waals surface area (Å²) in [7, 11) is 0. The summed E-state index contributed by atoms with van der Waals surface area (Å²) in [6.07, 6.45) is 0. The molecule has 122 valence electrons. The van der Waals surface area contributed by atoms with Gasteiger partial charge in [0.25, 0.3) is 6.01 Å². The lowest BCUT2D eigenvalue weighted by molar-refractivity contribution is -0.132. The molecule has 1 aromatic heterocycles. The number of hydrogen-bond donors (Lipinski definition) is 2. The van der Waals surface area contributed by atoms with Gasteiger partial charge in [-0.25, -0.2) is 0 Å². The van der Waals surface area contributed by atoms with Crippen molar-refractivity contribution in [1.29, 1.82) is 0 Å². The van der Waals surface area contributed by atoms with Crippen molar-refractivity contribution in [3.05, 3.63) is 24.3 Å². The summed E-state index contributed by atoms with van der Waals surface area (Å²) in [5, 5.41) is 2.49. The van der Waals surface area contributed by atoms with Gasteiger partial charge in [-0.15, -0.1) is 0 Å². The van der Waals surface area contributed by atoms with Crippen molar-refractivity contribution in [2.24, 2.45) is 5.73 Å². The molecule has 0 aliphatic carbocycles. The van der Waals surface area contributed by atoms with E-state index in [4.69, 9.17) is 10.2 Å². The Balaban J connectivity index is 1.55. The molecule has 0 bridgehead atoms. The van der Waals surface area contributed by atoms with E-state index in [0.717, 1.165) is 11.1 Å². The first-order chi connectivity index (χ1) is 11.2.